The molecule has 1 heterocycles. The van der Waals surface area contributed by atoms with Crippen molar-refractivity contribution in [3.63, 3.8) is 0 Å². The molecule has 0 aliphatic carbocycles. The van der Waals surface area contributed by atoms with Crippen LogP contribution >= 0.6 is 0 Å². The maximum absolute atomic E-state index is 12.2. The molecule has 0 radical (unpaired) electrons. The molecule has 6 nitrogen and oxygen atoms in total. The fourth-order valence-corrected chi connectivity index (χ4v) is 2.01. The van der Waals surface area contributed by atoms with Crippen molar-refractivity contribution >= 4 is 11.5 Å². The molecule has 0 bridgehead atoms. The van der Waals surface area contributed by atoms with E-state index in [1.54, 1.807) is 49.6 Å². The Morgan fingerprint density at radius 2 is 1.67 bits per heavy atom. The minimum Gasteiger partial charge on any atom is -0.289 e. The molecule has 3 rings (SSSR count). The van der Waals surface area contributed by atoms with Crippen molar-refractivity contribution in [1.29, 1.82) is 0 Å². The quantitative estimate of drug-likeness (QED) is 0.418. The number of aromatic nitrogens is 2. The molecule has 0 spiro atoms. The normalized spacial score (nSPS) is 9.54. The monoisotopic (exact) mass is 321 g/mol. The number of carbonyl (C=O) groups is 1. The summed E-state index contributed by atoms with van der Waals surface area (Å²) >= 11 is 0. The Labute approximate surface area is 139 Å². The third kappa shape index (κ3) is 4.54. The summed E-state index contributed by atoms with van der Waals surface area (Å²) in [6.07, 6.45) is 4.88. The fraction of sp³-hybridized carbons (Fsp3) is 0.0556. The summed E-state index contributed by atoms with van der Waals surface area (Å²) in [5, 5.41) is 10.6. The maximum atomic E-state index is 12.2. The largest absolute Gasteiger partial charge is 0.289 e. The van der Waals surface area contributed by atoms with E-state index in [4.69, 9.17) is 0 Å². The number of rotatable bonds is 3. The van der Waals surface area contributed by atoms with Crippen LogP contribution in [0, 0.1) is 17.0 Å². The van der Waals surface area contributed by atoms with Crippen molar-refractivity contribution in [2.24, 2.45) is 0 Å². The molecule has 1 aromatic heterocycles. The summed E-state index contributed by atoms with van der Waals surface area (Å²) in [5.41, 5.74) is 1.68. The molecule has 0 amide bonds. The Morgan fingerprint density at radius 1 is 1.00 bits per heavy atom. The van der Waals surface area contributed by atoms with Crippen molar-refractivity contribution in [3.05, 3.63) is 100 Å². The van der Waals surface area contributed by atoms with Gasteiger partial charge < -0.3 is 0 Å². The van der Waals surface area contributed by atoms with E-state index in [1.165, 1.54) is 24.5 Å². The predicted molar refractivity (Wildman–Crippen MR) is 89.7 cm³/mol. The van der Waals surface area contributed by atoms with Gasteiger partial charge in [0.05, 0.1) is 4.92 Å². The van der Waals surface area contributed by atoms with Crippen LogP contribution in [0.3, 0.4) is 0 Å². The van der Waals surface area contributed by atoms with E-state index in [0.29, 0.717) is 16.7 Å². The van der Waals surface area contributed by atoms with Gasteiger partial charge in [-0.1, -0.05) is 30.3 Å². The molecule has 6 heteroatoms. The zero-order valence-corrected chi connectivity index (χ0v) is 13.0. The van der Waals surface area contributed by atoms with Gasteiger partial charge in [-0.15, -0.1) is 0 Å². The third-order valence-electron chi connectivity index (χ3n) is 3.18. The van der Waals surface area contributed by atoms with Gasteiger partial charge in [-0.3, -0.25) is 14.9 Å². The van der Waals surface area contributed by atoms with Gasteiger partial charge in [0.1, 0.15) is 6.33 Å². The lowest BCUT2D eigenvalue weighted by Crippen LogP contribution is -2.04. The number of benzene rings is 2. The van der Waals surface area contributed by atoms with Crippen LogP contribution < -0.4 is 0 Å². The second-order valence-electron chi connectivity index (χ2n) is 4.86. The number of hydrogen-bond donors (Lipinski definition) is 0. The zero-order valence-electron chi connectivity index (χ0n) is 13.0. The molecule has 2 aromatic carbocycles. The average molecular weight is 321 g/mol. The molecule has 0 atom stereocenters. The molecule has 24 heavy (non-hydrogen) atoms. The lowest BCUT2D eigenvalue weighted by molar-refractivity contribution is -0.384. The second kappa shape index (κ2) is 8.28. The lowest BCUT2D eigenvalue weighted by Gasteiger charge is -2.04. The van der Waals surface area contributed by atoms with Crippen molar-refractivity contribution in [2.75, 3.05) is 0 Å². The second-order valence-corrected chi connectivity index (χ2v) is 4.86. The molecule has 120 valence electrons. The number of carbonyl (C=O) groups excluding carboxylic acids is 1. The minimum atomic E-state index is -0.468. The minimum absolute atomic E-state index is 0.00267. The highest BCUT2D eigenvalue weighted by Crippen LogP contribution is 2.19. The highest BCUT2D eigenvalue weighted by molar-refractivity contribution is 6.09. The van der Waals surface area contributed by atoms with Crippen molar-refractivity contribution in [3.8, 4) is 0 Å². The number of nitro benzene ring substituents is 1. The van der Waals surface area contributed by atoms with E-state index in [9.17, 15) is 14.9 Å². The molecule has 3 aromatic rings. The third-order valence-corrected chi connectivity index (χ3v) is 3.18. The molecule has 0 N–H and O–H groups in total. The zero-order chi connectivity index (χ0) is 17.4. The van der Waals surface area contributed by atoms with Crippen LogP contribution in [0.5, 0.6) is 0 Å². The van der Waals surface area contributed by atoms with Crippen molar-refractivity contribution < 1.29 is 9.72 Å². The first-order valence-electron chi connectivity index (χ1n) is 7.14. The van der Waals surface area contributed by atoms with Crippen molar-refractivity contribution in [2.45, 2.75) is 6.92 Å². The summed E-state index contributed by atoms with van der Waals surface area (Å²) in [5.74, 6) is -0.122. The highest BCUT2D eigenvalue weighted by Gasteiger charge is 2.14. The first kappa shape index (κ1) is 17.0. The van der Waals surface area contributed by atoms with Gasteiger partial charge in [-0.05, 0) is 24.6 Å². The van der Waals surface area contributed by atoms with Crippen LogP contribution in [0.1, 0.15) is 21.5 Å². The molecule has 0 aliphatic heterocycles. The van der Waals surface area contributed by atoms with Crippen LogP contribution in [0.15, 0.2) is 73.3 Å². The Morgan fingerprint density at radius 3 is 2.12 bits per heavy atom. The Hall–Kier alpha value is -3.41. The highest BCUT2D eigenvalue weighted by atomic mass is 16.6. The lowest BCUT2D eigenvalue weighted by atomic mass is 9.99. The first-order chi connectivity index (χ1) is 11.6. The number of hydrogen-bond acceptors (Lipinski definition) is 5. The molecular formula is C18H15N3O3. The predicted octanol–water partition coefficient (Wildman–Crippen LogP) is 3.61. The number of nitrogens with zero attached hydrogens (tertiary/aromatic N) is 3. The molecule has 0 fully saturated rings. The van der Waals surface area contributed by atoms with Gasteiger partial charge in [0.25, 0.3) is 5.69 Å². The summed E-state index contributed by atoms with van der Waals surface area (Å²) < 4.78 is 0. The molecule has 0 aliphatic rings. The van der Waals surface area contributed by atoms with E-state index >= 15 is 0 Å². The Balaban J connectivity index is 0.000000292. The Kier molecular flexibility index (Phi) is 5.85. The van der Waals surface area contributed by atoms with E-state index in [0.717, 1.165) is 0 Å². The number of nitro groups is 1. The standard InChI is InChI=1S/C14H11NO3.C4H4N2/c1-10-9-12(15(17)18)7-8-13(10)14(16)11-5-3-2-4-6-11;1-2-5-4-6-3-1/h2-9H,1H3;1-4H. The smallest absolute Gasteiger partial charge is 0.269 e. The van der Waals surface area contributed by atoms with Gasteiger partial charge in [-0.2, -0.15) is 0 Å². The Bertz CT molecular complexity index is 795. The van der Waals surface area contributed by atoms with E-state index < -0.39 is 4.92 Å². The first-order valence-corrected chi connectivity index (χ1v) is 7.14. The van der Waals surface area contributed by atoms with Crippen LogP contribution in [0.25, 0.3) is 0 Å². The summed E-state index contributed by atoms with van der Waals surface area (Å²) in [6, 6.07) is 14.9. The van der Waals surface area contributed by atoms with E-state index in [1.807, 2.05) is 6.07 Å². The van der Waals surface area contributed by atoms with Crippen LogP contribution in [-0.2, 0) is 0 Å². The van der Waals surface area contributed by atoms with E-state index in [2.05, 4.69) is 9.97 Å². The summed E-state index contributed by atoms with van der Waals surface area (Å²) in [4.78, 5) is 29.7. The van der Waals surface area contributed by atoms with E-state index in [-0.39, 0.29) is 11.5 Å². The summed E-state index contributed by atoms with van der Waals surface area (Å²) in [7, 11) is 0. The van der Waals surface area contributed by atoms with Gasteiger partial charge in [0.15, 0.2) is 5.78 Å². The maximum Gasteiger partial charge on any atom is 0.269 e. The summed E-state index contributed by atoms with van der Waals surface area (Å²) in [6.45, 7) is 1.70. The molecule has 0 unspecified atom stereocenters. The van der Waals surface area contributed by atoms with Gasteiger partial charge in [-0.25, -0.2) is 9.97 Å². The van der Waals surface area contributed by atoms with Gasteiger partial charge in [0, 0.05) is 35.7 Å². The number of non-ortho nitro benzene ring substituents is 1. The molecule has 0 saturated heterocycles. The van der Waals surface area contributed by atoms with Crippen molar-refractivity contribution in [1.82, 2.24) is 9.97 Å². The molecular weight excluding hydrogens is 306 g/mol. The fourth-order valence-electron chi connectivity index (χ4n) is 2.01. The van der Waals surface area contributed by atoms with Gasteiger partial charge >= 0.3 is 0 Å². The number of ketones is 1. The van der Waals surface area contributed by atoms with Gasteiger partial charge in [0.2, 0.25) is 0 Å². The number of aryl methyl sites for hydroxylation is 1. The van der Waals surface area contributed by atoms with Crippen LogP contribution in [0.2, 0.25) is 0 Å². The average Bonchev–Trinajstić information content (AvgIpc) is 2.64. The SMILES string of the molecule is Cc1cc([N+](=O)[O-])ccc1C(=O)c1ccccc1.c1cncnc1. The van der Waals surface area contributed by atoms with Crippen LogP contribution in [-0.4, -0.2) is 20.7 Å². The van der Waals surface area contributed by atoms with Crippen LogP contribution in [0.4, 0.5) is 5.69 Å². The topological polar surface area (TPSA) is 86.0 Å². The molecule has 0 saturated carbocycles.